The highest BCUT2D eigenvalue weighted by molar-refractivity contribution is 5.25. The first-order valence-corrected chi connectivity index (χ1v) is 6.50. The molecule has 19 heavy (non-hydrogen) atoms. The van der Waals surface area contributed by atoms with Crippen molar-refractivity contribution in [2.45, 2.75) is 25.6 Å². The van der Waals surface area contributed by atoms with E-state index in [1.165, 1.54) is 6.07 Å². The number of rotatable bonds is 4. The topological polar surface area (TPSA) is 21.3 Å². The number of nitrogens with one attached hydrogen (secondary N) is 1. The fourth-order valence-electron chi connectivity index (χ4n) is 2.25. The van der Waals surface area contributed by atoms with Gasteiger partial charge in [0.05, 0.1) is 18.8 Å². The molecular formula is C14H18F3NO. The molecule has 0 bridgehead atoms. The van der Waals surface area contributed by atoms with Crippen molar-refractivity contribution in [1.29, 1.82) is 0 Å². The summed E-state index contributed by atoms with van der Waals surface area (Å²) in [6, 6.07) is 5.31. The van der Waals surface area contributed by atoms with E-state index in [-0.39, 0.29) is 6.61 Å². The van der Waals surface area contributed by atoms with Crippen molar-refractivity contribution >= 4 is 0 Å². The lowest BCUT2D eigenvalue weighted by Gasteiger charge is -2.22. The molecule has 0 aromatic heterocycles. The van der Waals surface area contributed by atoms with Crippen molar-refractivity contribution < 1.29 is 17.9 Å². The third-order valence-electron chi connectivity index (χ3n) is 3.28. The minimum absolute atomic E-state index is 0.237. The smallest absolute Gasteiger partial charge is 0.376 e. The lowest BCUT2D eigenvalue weighted by molar-refractivity contribution is -0.137. The minimum Gasteiger partial charge on any atom is -0.376 e. The van der Waals surface area contributed by atoms with Crippen LogP contribution in [-0.2, 0) is 17.5 Å². The summed E-state index contributed by atoms with van der Waals surface area (Å²) in [4.78, 5) is 0. The van der Waals surface area contributed by atoms with Crippen LogP contribution in [0.15, 0.2) is 24.3 Å². The average Bonchev–Trinajstić information content (AvgIpc) is 2.39. The molecular weight excluding hydrogens is 255 g/mol. The van der Waals surface area contributed by atoms with E-state index in [0.717, 1.165) is 38.1 Å². The fourth-order valence-corrected chi connectivity index (χ4v) is 2.25. The molecule has 0 amide bonds. The van der Waals surface area contributed by atoms with E-state index in [0.29, 0.717) is 18.1 Å². The Morgan fingerprint density at radius 2 is 2.16 bits per heavy atom. The first-order chi connectivity index (χ1) is 9.05. The molecule has 1 N–H and O–H groups in total. The Kier molecular flexibility index (Phi) is 4.82. The molecule has 1 fully saturated rings. The number of hydrogen-bond acceptors (Lipinski definition) is 2. The van der Waals surface area contributed by atoms with Gasteiger partial charge in [-0.1, -0.05) is 12.1 Å². The third-order valence-corrected chi connectivity index (χ3v) is 3.28. The molecule has 0 saturated carbocycles. The number of alkyl halides is 3. The lowest BCUT2D eigenvalue weighted by Crippen LogP contribution is -2.32. The van der Waals surface area contributed by atoms with Gasteiger partial charge in [0.1, 0.15) is 0 Å². The van der Waals surface area contributed by atoms with Crippen LogP contribution in [0.3, 0.4) is 0 Å². The molecule has 1 atom stereocenters. The normalized spacial score (nSPS) is 20.5. The summed E-state index contributed by atoms with van der Waals surface area (Å²) >= 11 is 0. The molecule has 2 nitrogen and oxygen atoms in total. The second-order valence-corrected chi connectivity index (χ2v) is 4.93. The molecule has 1 unspecified atom stereocenters. The highest BCUT2D eigenvalue weighted by Crippen LogP contribution is 2.29. The first kappa shape index (κ1) is 14.3. The van der Waals surface area contributed by atoms with E-state index < -0.39 is 11.7 Å². The van der Waals surface area contributed by atoms with Gasteiger partial charge >= 0.3 is 6.18 Å². The van der Waals surface area contributed by atoms with Crippen molar-refractivity contribution in [3.05, 3.63) is 35.4 Å². The molecule has 1 aromatic carbocycles. The lowest BCUT2D eigenvalue weighted by atomic mass is 10.0. The van der Waals surface area contributed by atoms with Gasteiger partial charge in [0.25, 0.3) is 0 Å². The Morgan fingerprint density at radius 3 is 2.84 bits per heavy atom. The Hall–Kier alpha value is -1.07. The van der Waals surface area contributed by atoms with E-state index in [1.807, 2.05) is 0 Å². The van der Waals surface area contributed by atoms with Crippen molar-refractivity contribution in [2.24, 2.45) is 5.92 Å². The number of ether oxygens (including phenoxy) is 1. The Morgan fingerprint density at radius 1 is 1.32 bits per heavy atom. The van der Waals surface area contributed by atoms with Gasteiger partial charge in [0.2, 0.25) is 0 Å². The highest BCUT2D eigenvalue weighted by Gasteiger charge is 2.30. The fraction of sp³-hybridized carbons (Fsp3) is 0.571. The monoisotopic (exact) mass is 273 g/mol. The molecule has 5 heteroatoms. The van der Waals surface area contributed by atoms with Gasteiger partial charge in [-0.25, -0.2) is 0 Å². The summed E-state index contributed by atoms with van der Waals surface area (Å²) in [6.45, 7) is 2.82. The van der Waals surface area contributed by atoms with Crippen molar-refractivity contribution in [3.8, 4) is 0 Å². The average molecular weight is 273 g/mol. The van der Waals surface area contributed by atoms with Crippen LogP contribution in [0.2, 0.25) is 0 Å². The van der Waals surface area contributed by atoms with Gasteiger partial charge in [-0.2, -0.15) is 13.2 Å². The highest BCUT2D eigenvalue weighted by atomic mass is 19.4. The molecule has 1 aromatic rings. The van der Waals surface area contributed by atoms with Gasteiger partial charge in [-0.3, -0.25) is 0 Å². The molecule has 1 saturated heterocycles. The molecule has 1 aliphatic heterocycles. The molecule has 1 aliphatic rings. The molecule has 1 heterocycles. The molecule has 106 valence electrons. The molecule has 0 aliphatic carbocycles. The first-order valence-electron chi connectivity index (χ1n) is 6.50. The zero-order chi connectivity index (χ0) is 13.7. The number of benzene rings is 1. The van der Waals surface area contributed by atoms with Crippen LogP contribution in [0.4, 0.5) is 13.2 Å². The van der Waals surface area contributed by atoms with Crippen molar-refractivity contribution in [1.82, 2.24) is 5.32 Å². The third kappa shape index (κ3) is 4.51. The Balaban J connectivity index is 1.82. The van der Waals surface area contributed by atoms with Crippen LogP contribution in [0.25, 0.3) is 0 Å². The maximum Gasteiger partial charge on any atom is 0.416 e. The molecule has 0 radical (unpaired) electrons. The Labute approximate surface area is 111 Å². The van der Waals surface area contributed by atoms with E-state index in [1.54, 1.807) is 6.07 Å². The summed E-state index contributed by atoms with van der Waals surface area (Å²) in [5, 5.41) is 3.28. The summed E-state index contributed by atoms with van der Waals surface area (Å²) < 4.78 is 43.1. The predicted octanol–water partition coefficient (Wildman–Crippen LogP) is 3.22. The van der Waals surface area contributed by atoms with Crippen LogP contribution in [-0.4, -0.2) is 19.7 Å². The van der Waals surface area contributed by atoms with Gasteiger partial charge in [-0.15, -0.1) is 0 Å². The van der Waals surface area contributed by atoms with Gasteiger partial charge in [0.15, 0.2) is 0 Å². The number of halogens is 3. The van der Waals surface area contributed by atoms with Crippen LogP contribution in [0.5, 0.6) is 0 Å². The summed E-state index contributed by atoms with van der Waals surface area (Å²) in [5.41, 5.74) is -0.0495. The SMILES string of the molecule is FC(F)(F)c1cccc(COCC2CCCNC2)c1. The Bertz CT molecular complexity index is 400. The maximum atomic E-state index is 12.5. The predicted molar refractivity (Wildman–Crippen MR) is 66.7 cm³/mol. The second kappa shape index (κ2) is 6.39. The molecule has 0 spiro atoms. The standard InChI is InChI=1S/C14H18F3NO/c15-14(16,17)13-5-1-3-11(7-13)9-19-10-12-4-2-6-18-8-12/h1,3,5,7,12,18H,2,4,6,8-10H2. The number of piperidine rings is 1. The van der Waals surface area contributed by atoms with Crippen molar-refractivity contribution in [2.75, 3.05) is 19.7 Å². The maximum absolute atomic E-state index is 12.5. The zero-order valence-electron chi connectivity index (χ0n) is 10.7. The van der Waals surface area contributed by atoms with Crippen LogP contribution in [0, 0.1) is 5.92 Å². The van der Waals surface area contributed by atoms with Gasteiger partial charge < -0.3 is 10.1 Å². The van der Waals surface area contributed by atoms with Gasteiger partial charge in [0, 0.05) is 6.54 Å². The van der Waals surface area contributed by atoms with E-state index in [4.69, 9.17) is 4.74 Å². The van der Waals surface area contributed by atoms with E-state index >= 15 is 0 Å². The van der Waals surface area contributed by atoms with E-state index in [2.05, 4.69) is 5.32 Å². The molecule has 2 rings (SSSR count). The minimum atomic E-state index is -4.29. The van der Waals surface area contributed by atoms with Crippen LogP contribution in [0.1, 0.15) is 24.0 Å². The second-order valence-electron chi connectivity index (χ2n) is 4.93. The number of hydrogen-bond donors (Lipinski definition) is 1. The van der Waals surface area contributed by atoms with Gasteiger partial charge in [-0.05, 0) is 43.0 Å². The summed E-state index contributed by atoms with van der Waals surface area (Å²) in [7, 11) is 0. The van der Waals surface area contributed by atoms with E-state index in [9.17, 15) is 13.2 Å². The zero-order valence-corrected chi connectivity index (χ0v) is 10.7. The van der Waals surface area contributed by atoms with Crippen LogP contribution < -0.4 is 5.32 Å². The van der Waals surface area contributed by atoms with Crippen molar-refractivity contribution in [3.63, 3.8) is 0 Å². The van der Waals surface area contributed by atoms with Crippen LogP contribution >= 0.6 is 0 Å². The quantitative estimate of drug-likeness (QED) is 0.909. The summed E-state index contributed by atoms with van der Waals surface area (Å²) in [6.07, 6.45) is -2.03. The largest absolute Gasteiger partial charge is 0.416 e. The summed E-state index contributed by atoms with van der Waals surface area (Å²) in [5.74, 6) is 0.472.